The molecule has 8 nitrogen and oxygen atoms in total. The smallest absolute Gasteiger partial charge is 0.248 e. The first-order chi connectivity index (χ1) is 15.3. The number of pyridine rings is 1. The summed E-state index contributed by atoms with van der Waals surface area (Å²) >= 11 is 1.46. The molecule has 3 N–H and O–H groups in total. The third-order valence-corrected chi connectivity index (χ3v) is 6.43. The van der Waals surface area contributed by atoms with Crippen molar-refractivity contribution >= 4 is 28.6 Å². The summed E-state index contributed by atoms with van der Waals surface area (Å²) in [7, 11) is 1.89. The van der Waals surface area contributed by atoms with E-state index in [9.17, 15) is 9.59 Å². The normalized spacial score (nSPS) is 11.1. The number of amides is 1. The highest BCUT2D eigenvalue weighted by Crippen LogP contribution is 2.24. The molecule has 164 valence electrons. The van der Waals surface area contributed by atoms with Gasteiger partial charge in [-0.05, 0) is 49.2 Å². The van der Waals surface area contributed by atoms with Crippen LogP contribution in [0.2, 0.25) is 0 Å². The van der Waals surface area contributed by atoms with Crippen LogP contribution in [0.25, 0.3) is 10.9 Å². The van der Waals surface area contributed by atoms with Crippen LogP contribution < -0.4 is 15.9 Å². The molecule has 0 bridgehead atoms. The molecule has 4 rings (SSSR count). The van der Waals surface area contributed by atoms with E-state index >= 15 is 0 Å². The molecular formula is C23H23N5O3S. The Morgan fingerprint density at radius 3 is 2.78 bits per heavy atom. The molecule has 0 aliphatic rings. The van der Waals surface area contributed by atoms with Crippen LogP contribution in [0.1, 0.15) is 33.0 Å². The fourth-order valence-electron chi connectivity index (χ4n) is 3.29. The third-order valence-electron chi connectivity index (χ3n) is 5.36. The van der Waals surface area contributed by atoms with Gasteiger partial charge in [0.1, 0.15) is 12.4 Å². The summed E-state index contributed by atoms with van der Waals surface area (Å²) in [4.78, 5) is 27.1. The van der Waals surface area contributed by atoms with Crippen molar-refractivity contribution < 1.29 is 9.53 Å². The Hall–Kier alpha value is -3.59. The summed E-state index contributed by atoms with van der Waals surface area (Å²) < 4.78 is 7.82. The zero-order valence-electron chi connectivity index (χ0n) is 18.0. The Balaban J connectivity index is 1.46. The fraction of sp³-hybridized carbons (Fsp3) is 0.217. The Bertz CT molecular complexity index is 1380. The van der Waals surface area contributed by atoms with Crippen LogP contribution in [0.15, 0.2) is 52.4 Å². The number of nitrogens with two attached hydrogens (primary N) is 1. The number of primary amides is 1. The Kier molecular flexibility index (Phi) is 6.00. The lowest BCUT2D eigenvalue weighted by Gasteiger charge is -2.10. The largest absolute Gasteiger partial charge is 0.485 e. The van der Waals surface area contributed by atoms with Crippen molar-refractivity contribution in [3.8, 4) is 5.75 Å². The van der Waals surface area contributed by atoms with Crippen molar-refractivity contribution in [3.63, 3.8) is 0 Å². The van der Waals surface area contributed by atoms with Crippen molar-refractivity contribution in [1.82, 2.24) is 19.7 Å². The van der Waals surface area contributed by atoms with Crippen LogP contribution in [-0.4, -0.2) is 25.7 Å². The van der Waals surface area contributed by atoms with Crippen molar-refractivity contribution in [2.45, 2.75) is 31.4 Å². The van der Waals surface area contributed by atoms with Crippen LogP contribution >= 0.6 is 11.8 Å². The molecule has 0 aliphatic heterocycles. The number of hydrogen-bond donors (Lipinski definition) is 2. The number of aromatic amines is 1. The Morgan fingerprint density at radius 2 is 2.00 bits per heavy atom. The molecule has 0 saturated carbocycles. The van der Waals surface area contributed by atoms with Crippen LogP contribution in [0.3, 0.4) is 0 Å². The average Bonchev–Trinajstić information content (AvgIpc) is 3.12. The molecule has 2 aromatic heterocycles. The molecule has 0 aliphatic carbocycles. The second-order valence-electron chi connectivity index (χ2n) is 7.52. The molecular weight excluding hydrogens is 426 g/mol. The molecule has 1 amide bonds. The first-order valence-corrected chi connectivity index (χ1v) is 11.0. The molecule has 0 unspecified atom stereocenters. The molecule has 0 radical (unpaired) electrons. The highest BCUT2D eigenvalue weighted by atomic mass is 32.2. The minimum absolute atomic E-state index is 0.168. The van der Waals surface area contributed by atoms with E-state index in [0.717, 1.165) is 22.2 Å². The number of aryl methyl sites for hydroxylation is 1. The van der Waals surface area contributed by atoms with Gasteiger partial charge in [0, 0.05) is 41.0 Å². The van der Waals surface area contributed by atoms with E-state index in [1.807, 2.05) is 43.7 Å². The number of fused-ring (bicyclic) bond motifs is 1. The lowest BCUT2D eigenvalue weighted by atomic mass is 10.1. The van der Waals surface area contributed by atoms with Gasteiger partial charge in [0.2, 0.25) is 5.91 Å². The first-order valence-electron chi connectivity index (χ1n) is 9.99. The van der Waals surface area contributed by atoms with Gasteiger partial charge < -0.3 is 20.0 Å². The summed E-state index contributed by atoms with van der Waals surface area (Å²) in [5.41, 5.74) is 9.11. The molecule has 0 atom stereocenters. The lowest BCUT2D eigenvalue weighted by Crippen LogP contribution is -2.12. The fourth-order valence-corrected chi connectivity index (χ4v) is 4.13. The van der Waals surface area contributed by atoms with E-state index in [2.05, 4.69) is 15.2 Å². The number of ether oxygens (including phenoxy) is 1. The zero-order chi connectivity index (χ0) is 22.8. The lowest BCUT2D eigenvalue weighted by molar-refractivity contribution is 0.100. The van der Waals surface area contributed by atoms with Gasteiger partial charge in [-0.15, -0.1) is 10.2 Å². The van der Waals surface area contributed by atoms with Crippen molar-refractivity contribution in [2.24, 2.45) is 12.8 Å². The van der Waals surface area contributed by atoms with Gasteiger partial charge in [-0.3, -0.25) is 9.59 Å². The van der Waals surface area contributed by atoms with E-state index in [0.29, 0.717) is 34.7 Å². The highest BCUT2D eigenvalue weighted by molar-refractivity contribution is 7.98. The second kappa shape index (κ2) is 8.88. The number of hydrogen-bond acceptors (Lipinski definition) is 6. The van der Waals surface area contributed by atoms with E-state index in [1.54, 1.807) is 12.1 Å². The molecule has 2 aromatic carbocycles. The Morgan fingerprint density at radius 1 is 1.19 bits per heavy atom. The topological polar surface area (TPSA) is 116 Å². The van der Waals surface area contributed by atoms with Crippen LogP contribution in [0, 0.1) is 13.8 Å². The molecule has 4 aromatic rings. The standard InChI is InChI=1S/C23H23N5O3S/c1-13-5-4-6-20(14(13)2)31-11-21-26-27-23(28(21)3)32-12-16-10-19(29)17-9-15(22(24)30)7-8-18(17)25-16/h4-10H,11-12H2,1-3H3,(H2,24,30)(H,25,29). The first kappa shape index (κ1) is 21.6. The van der Waals surface area contributed by atoms with Crippen LogP contribution in [0.4, 0.5) is 0 Å². The molecule has 32 heavy (non-hydrogen) atoms. The number of carbonyl (C=O) groups excluding carboxylic acids is 1. The van der Waals surface area contributed by atoms with Crippen LogP contribution in [-0.2, 0) is 19.4 Å². The number of thioether (sulfide) groups is 1. The van der Waals surface area contributed by atoms with Gasteiger partial charge in [0.05, 0.1) is 0 Å². The third kappa shape index (κ3) is 4.38. The molecule has 9 heteroatoms. The summed E-state index contributed by atoms with van der Waals surface area (Å²) in [6.45, 7) is 4.39. The van der Waals surface area contributed by atoms with Gasteiger partial charge in [0.25, 0.3) is 0 Å². The maximum absolute atomic E-state index is 12.5. The zero-order valence-corrected chi connectivity index (χ0v) is 18.8. The Labute approximate surface area is 188 Å². The van der Waals surface area contributed by atoms with Crippen molar-refractivity contribution in [1.29, 1.82) is 0 Å². The molecule has 0 fully saturated rings. The second-order valence-corrected chi connectivity index (χ2v) is 8.46. The maximum atomic E-state index is 12.5. The summed E-state index contributed by atoms with van der Waals surface area (Å²) in [6, 6.07) is 12.3. The molecule has 0 saturated heterocycles. The van der Waals surface area contributed by atoms with Gasteiger partial charge in [-0.2, -0.15) is 0 Å². The number of rotatable bonds is 7. The quantitative estimate of drug-likeness (QED) is 0.419. The van der Waals surface area contributed by atoms with E-state index in [4.69, 9.17) is 10.5 Å². The van der Waals surface area contributed by atoms with E-state index in [-0.39, 0.29) is 5.43 Å². The van der Waals surface area contributed by atoms with Gasteiger partial charge in [-0.25, -0.2) is 0 Å². The van der Waals surface area contributed by atoms with Gasteiger partial charge in [0.15, 0.2) is 16.4 Å². The maximum Gasteiger partial charge on any atom is 0.248 e. The predicted octanol–water partition coefficient (Wildman–Crippen LogP) is 3.24. The minimum atomic E-state index is -0.564. The van der Waals surface area contributed by atoms with Crippen molar-refractivity contribution in [2.75, 3.05) is 0 Å². The summed E-state index contributed by atoms with van der Waals surface area (Å²) in [5.74, 6) is 1.48. The number of benzene rings is 2. The van der Waals surface area contributed by atoms with E-state index in [1.165, 1.54) is 29.5 Å². The highest BCUT2D eigenvalue weighted by Gasteiger charge is 2.12. The number of H-pyrrole nitrogens is 1. The van der Waals surface area contributed by atoms with Crippen LogP contribution in [0.5, 0.6) is 5.75 Å². The molecule has 2 heterocycles. The number of nitrogens with one attached hydrogen (secondary N) is 1. The number of nitrogens with zero attached hydrogens (tertiary/aromatic N) is 3. The number of carbonyl (C=O) groups is 1. The van der Waals surface area contributed by atoms with Crippen molar-refractivity contribution in [3.05, 3.63) is 80.9 Å². The number of aromatic nitrogens is 4. The predicted molar refractivity (Wildman–Crippen MR) is 124 cm³/mol. The SMILES string of the molecule is Cc1cccc(OCc2nnc(SCc3cc(=O)c4cc(C(N)=O)ccc4[nH]3)n2C)c1C. The van der Waals surface area contributed by atoms with Gasteiger partial charge in [-0.1, -0.05) is 23.9 Å². The minimum Gasteiger partial charge on any atom is -0.485 e. The summed E-state index contributed by atoms with van der Waals surface area (Å²) in [6.07, 6.45) is 0. The van der Waals surface area contributed by atoms with Gasteiger partial charge >= 0.3 is 0 Å². The monoisotopic (exact) mass is 449 g/mol. The summed E-state index contributed by atoms with van der Waals surface area (Å²) in [5, 5.41) is 9.64. The molecule has 0 spiro atoms. The van der Waals surface area contributed by atoms with E-state index < -0.39 is 5.91 Å². The average molecular weight is 450 g/mol.